The number of benzene rings is 1. The van der Waals surface area contributed by atoms with Gasteiger partial charge in [-0.3, -0.25) is 9.99 Å². The molecule has 2 heterocycles. The van der Waals surface area contributed by atoms with Crippen LogP contribution in [0.15, 0.2) is 46.0 Å². The Morgan fingerprint density at radius 3 is 2.64 bits per heavy atom. The van der Waals surface area contributed by atoms with Crippen LogP contribution in [0.2, 0.25) is 0 Å². The Hall–Kier alpha value is -3.13. The zero-order chi connectivity index (χ0) is 20.1. The lowest BCUT2D eigenvalue weighted by molar-refractivity contribution is 0.394. The summed E-state index contributed by atoms with van der Waals surface area (Å²) in [6.45, 7) is 6.50. The van der Waals surface area contributed by atoms with Crippen LogP contribution in [0.3, 0.4) is 0 Å². The maximum absolute atomic E-state index is 5.27. The Morgan fingerprint density at radius 1 is 1.25 bits per heavy atom. The highest BCUT2D eigenvalue weighted by atomic mass is 32.1. The van der Waals surface area contributed by atoms with E-state index in [-0.39, 0.29) is 0 Å². The largest absolute Gasteiger partial charge is 0.497 e. The minimum absolute atomic E-state index is 0.452. The van der Waals surface area contributed by atoms with Gasteiger partial charge in [-0.25, -0.2) is 0 Å². The summed E-state index contributed by atoms with van der Waals surface area (Å²) in [5.74, 6) is 2.36. The number of ether oxygens (including phenoxy) is 1. The van der Waals surface area contributed by atoms with Crippen molar-refractivity contribution in [2.75, 3.05) is 7.11 Å². The second-order valence-electron chi connectivity index (χ2n) is 6.36. The Kier molecular flexibility index (Phi) is 6.10. The molecule has 0 saturated heterocycles. The molecule has 146 valence electrons. The minimum Gasteiger partial charge on any atom is -0.497 e. The van der Waals surface area contributed by atoms with Crippen LogP contribution in [0, 0.1) is 20.8 Å². The Morgan fingerprint density at radius 2 is 2.00 bits per heavy atom. The number of nitrogens with one attached hydrogen (secondary N) is 2. The van der Waals surface area contributed by atoms with Gasteiger partial charge >= 0.3 is 0 Å². The number of thiocarbonyl (C=S) groups is 1. The summed E-state index contributed by atoms with van der Waals surface area (Å²) in [4.78, 5) is 0. The van der Waals surface area contributed by atoms with Gasteiger partial charge in [0.05, 0.1) is 13.3 Å². The number of methoxy groups -OCH3 is 1. The highest BCUT2D eigenvalue weighted by Crippen LogP contribution is 2.19. The van der Waals surface area contributed by atoms with Crippen LogP contribution in [-0.4, -0.2) is 28.2 Å². The zero-order valence-corrected chi connectivity index (χ0v) is 17.1. The van der Waals surface area contributed by atoms with Crippen LogP contribution < -0.4 is 15.5 Å². The van der Waals surface area contributed by atoms with Gasteiger partial charge in [0, 0.05) is 29.6 Å². The third-order valence-electron chi connectivity index (χ3n) is 4.30. The summed E-state index contributed by atoms with van der Waals surface area (Å²) in [5.41, 5.74) is 6.99. The molecule has 3 aromatic rings. The molecule has 0 fully saturated rings. The van der Waals surface area contributed by atoms with Gasteiger partial charge in [-0.2, -0.15) is 5.10 Å². The van der Waals surface area contributed by atoms with Crippen LogP contribution in [0.4, 0.5) is 0 Å². The molecule has 0 aliphatic heterocycles. The van der Waals surface area contributed by atoms with Crippen molar-refractivity contribution < 1.29 is 9.26 Å². The summed E-state index contributed by atoms with van der Waals surface area (Å²) < 4.78 is 12.4. The highest BCUT2D eigenvalue weighted by molar-refractivity contribution is 7.80. The molecule has 28 heavy (non-hydrogen) atoms. The lowest BCUT2D eigenvalue weighted by Gasteiger charge is -2.07. The molecule has 0 aliphatic carbocycles. The predicted molar refractivity (Wildman–Crippen MR) is 113 cm³/mol. The molecule has 0 amide bonds. The van der Waals surface area contributed by atoms with E-state index in [9.17, 15) is 0 Å². The van der Waals surface area contributed by atoms with Gasteiger partial charge in [0.2, 0.25) is 0 Å². The van der Waals surface area contributed by atoms with E-state index in [1.807, 2.05) is 61.7 Å². The van der Waals surface area contributed by atoms with E-state index in [0.717, 1.165) is 39.8 Å². The van der Waals surface area contributed by atoms with E-state index in [1.165, 1.54) is 0 Å². The predicted octanol–water partition coefficient (Wildman–Crippen LogP) is 3.40. The second kappa shape index (κ2) is 8.71. The quantitative estimate of drug-likeness (QED) is 0.377. The number of hydrogen-bond donors (Lipinski definition) is 2. The number of aromatic nitrogens is 2. The molecule has 2 aromatic heterocycles. The van der Waals surface area contributed by atoms with Crippen LogP contribution >= 0.6 is 12.2 Å². The van der Waals surface area contributed by atoms with Gasteiger partial charge in [-0.1, -0.05) is 17.3 Å². The maximum atomic E-state index is 5.27. The fourth-order valence-electron chi connectivity index (χ4n) is 2.86. The fourth-order valence-corrected chi connectivity index (χ4v) is 2.98. The average Bonchev–Trinajstić information content (AvgIpc) is 3.23. The van der Waals surface area contributed by atoms with E-state index in [0.29, 0.717) is 11.7 Å². The number of hydrogen-bond acceptors (Lipinski definition) is 5. The van der Waals surface area contributed by atoms with Crippen molar-refractivity contribution in [3.05, 3.63) is 64.7 Å². The van der Waals surface area contributed by atoms with Crippen molar-refractivity contribution in [1.29, 1.82) is 0 Å². The molecule has 3 rings (SSSR count). The topological polar surface area (TPSA) is 76.6 Å². The van der Waals surface area contributed by atoms with Gasteiger partial charge in [0.1, 0.15) is 11.5 Å². The van der Waals surface area contributed by atoms with Gasteiger partial charge in [-0.15, -0.1) is 0 Å². The number of nitrogens with zero attached hydrogens (tertiary/aromatic N) is 3. The third kappa shape index (κ3) is 4.58. The van der Waals surface area contributed by atoms with Gasteiger partial charge < -0.3 is 14.6 Å². The lowest BCUT2D eigenvalue weighted by atomic mass is 10.2. The average molecular weight is 398 g/mol. The summed E-state index contributed by atoms with van der Waals surface area (Å²) in [5, 5.41) is 11.9. The second-order valence-corrected chi connectivity index (χ2v) is 6.77. The molecular formula is C20H23N5O2S. The maximum Gasteiger partial charge on any atom is 0.187 e. The Bertz CT molecular complexity index is 989. The van der Waals surface area contributed by atoms with E-state index in [2.05, 4.69) is 21.0 Å². The SMILES string of the molecule is COc1ccc(CNC(=S)N/N=C\c2cc(C)n(-c3cc(C)on3)c2C)cc1. The fraction of sp³-hybridized carbons (Fsp3) is 0.250. The zero-order valence-electron chi connectivity index (χ0n) is 16.3. The summed E-state index contributed by atoms with van der Waals surface area (Å²) in [6.07, 6.45) is 1.74. The van der Waals surface area contributed by atoms with Gasteiger partial charge in [0.15, 0.2) is 10.9 Å². The molecule has 1 aromatic carbocycles. The third-order valence-corrected chi connectivity index (χ3v) is 4.53. The van der Waals surface area contributed by atoms with E-state index in [1.54, 1.807) is 13.3 Å². The molecule has 2 N–H and O–H groups in total. The first-order chi connectivity index (χ1) is 13.5. The molecule has 0 bridgehead atoms. The normalized spacial score (nSPS) is 11.0. The minimum atomic E-state index is 0.452. The van der Waals surface area contributed by atoms with Crippen molar-refractivity contribution in [2.45, 2.75) is 27.3 Å². The molecule has 7 nitrogen and oxygen atoms in total. The van der Waals surface area contributed by atoms with E-state index < -0.39 is 0 Å². The monoisotopic (exact) mass is 397 g/mol. The van der Waals surface area contributed by atoms with Crippen LogP contribution in [-0.2, 0) is 6.54 Å². The van der Waals surface area contributed by atoms with Gasteiger partial charge in [0.25, 0.3) is 0 Å². The molecule has 0 aliphatic rings. The highest BCUT2D eigenvalue weighted by Gasteiger charge is 2.12. The molecule has 0 atom stereocenters. The molecule has 0 unspecified atom stereocenters. The Labute approximate surface area is 169 Å². The van der Waals surface area contributed by atoms with Crippen LogP contribution in [0.5, 0.6) is 5.75 Å². The van der Waals surface area contributed by atoms with Crippen molar-refractivity contribution in [1.82, 2.24) is 20.5 Å². The molecular weight excluding hydrogens is 374 g/mol. The van der Waals surface area contributed by atoms with Crippen molar-refractivity contribution in [2.24, 2.45) is 5.10 Å². The lowest BCUT2D eigenvalue weighted by Crippen LogP contribution is -2.31. The first kappa shape index (κ1) is 19.6. The smallest absolute Gasteiger partial charge is 0.187 e. The van der Waals surface area contributed by atoms with Crippen LogP contribution in [0.1, 0.15) is 28.3 Å². The molecule has 0 radical (unpaired) electrons. The van der Waals surface area contributed by atoms with Crippen molar-refractivity contribution in [3.63, 3.8) is 0 Å². The Balaban J connectivity index is 1.57. The molecule has 0 spiro atoms. The molecule has 0 saturated carbocycles. The van der Waals surface area contributed by atoms with E-state index >= 15 is 0 Å². The van der Waals surface area contributed by atoms with Crippen molar-refractivity contribution >= 4 is 23.5 Å². The van der Waals surface area contributed by atoms with Gasteiger partial charge in [-0.05, 0) is 56.8 Å². The van der Waals surface area contributed by atoms with E-state index in [4.69, 9.17) is 21.5 Å². The standard InChI is InChI=1S/C20H23N5O2S/c1-13-9-17(15(3)25(13)19-10-14(2)27-24-19)12-22-23-20(28)21-11-16-5-7-18(26-4)8-6-16/h5-10,12H,11H2,1-4H3,(H2,21,23,28)/b22-12-. The first-order valence-corrected chi connectivity index (χ1v) is 9.21. The number of hydrazone groups is 1. The van der Waals surface area contributed by atoms with Crippen molar-refractivity contribution in [3.8, 4) is 11.6 Å². The first-order valence-electron chi connectivity index (χ1n) is 8.80. The molecule has 8 heteroatoms. The van der Waals surface area contributed by atoms with Crippen LogP contribution in [0.25, 0.3) is 5.82 Å². The summed E-state index contributed by atoms with van der Waals surface area (Å²) >= 11 is 5.27. The number of aryl methyl sites for hydroxylation is 2. The number of rotatable bonds is 6. The summed E-state index contributed by atoms with van der Waals surface area (Å²) in [6, 6.07) is 11.7. The summed E-state index contributed by atoms with van der Waals surface area (Å²) in [7, 11) is 1.65.